The molecule has 0 aliphatic heterocycles. The fourth-order valence-corrected chi connectivity index (χ4v) is 0.974. The van der Waals surface area contributed by atoms with Crippen LogP contribution in [-0.4, -0.2) is 29.1 Å². The highest BCUT2D eigenvalue weighted by atomic mass is 16.5. The Morgan fingerprint density at radius 3 is 2.93 bits per heavy atom. The van der Waals surface area contributed by atoms with Crippen molar-refractivity contribution in [2.45, 2.75) is 0 Å². The van der Waals surface area contributed by atoms with Crippen molar-refractivity contribution in [2.24, 2.45) is 7.05 Å². The molecule has 74 valence electrons. The van der Waals surface area contributed by atoms with Crippen LogP contribution >= 0.6 is 0 Å². The molecule has 1 aromatic rings. The second kappa shape index (κ2) is 4.36. The second-order valence-electron chi connectivity index (χ2n) is 2.58. The summed E-state index contributed by atoms with van der Waals surface area (Å²) in [5.74, 6) is -0.469. The highest BCUT2D eigenvalue weighted by Crippen LogP contribution is 2.06. The average molecular weight is 194 g/mol. The third kappa shape index (κ3) is 2.07. The number of hydrogen-bond donors (Lipinski definition) is 0. The Balaban J connectivity index is 2.95. The molecule has 5 nitrogen and oxygen atoms in total. The zero-order valence-corrected chi connectivity index (χ0v) is 7.93. The lowest BCUT2D eigenvalue weighted by Crippen LogP contribution is -1.97. The van der Waals surface area contributed by atoms with Gasteiger partial charge in [-0.25, -0.2) is 4.79 Å². The molecule has 0 aliphatic carbocycles. The normalized spacial score (nSPS) is 10.4. The van der Waals surface area contributed by atoms with Gasteiger partial charge in [0.15, 0.2) is 6.29 Å². The summed E-state index contributed by atoms with van der Waals surface area (Å²) in [5.41, 5.74) is 1.01. The van der Waals surface area contributed by atoms with Crippen molar-refractivity contribution in [2.75, 3.05) is 7.11 Å². The fraction of sp³-hybridized carbons (Fsp3) is 0.222. The van der Waals surface area contributed by atoms with Gasteiger partial charge in [-0.1, -0.05) is 0 Å². The first kappa shape index (κ1) is 10.2. The van der Waals surface area contributed by atoms with Crippen molar-refractivity contribution in [3.63, 3.8) is 0 Å². The van der Waals surface area contributed by atoms with Gasteiger partial charge in [0.25, 0.3) is 0 Å². The van der Waals surface area contributed by atoms with Crippen molar-refractivity contribution >= 4 is 18.3 Å². The van der Waals surface area contributed by atoms with E-state index in [9.17, 15) is 9.59 Å². The molecule has 0 spiro atoms. The molecule has 0 radical (unpaired) electrons. The quantitative estimate of drug-likeness (QED) is 0.397. The van der Waals surface area contributed by atoms with Crippen molar-refractivity contribution in [1.29, 1.82) is 0 Å². The van der Waals surface area contributed by atoms with Crippen LogP contribution in [0.2, 0.25) is 0 Å². The molecule has 1 aromatic heterocycles. The third-order valence-corrected chi connectivity index (χ3v) is 1.72. The van der Waals surface area contributed by atoms with Gasteiger partial charge >= 0.3 is 5.97 Å². The zero-order valence-electron chi connectivity index (χ0n) is 7.93. The number of esters is 1. The first-order valence-corrected chi connectivity index (χ1v) is 3.92. The minimum Gasteiger partial charge on any atom is -0.466 e. The Morgan fingerprint density at radius 1 is 1.64 bits per heavy atom. The first-order chi connectivity index (χ1) is 6.69. The Kier molecular flexibility index (Phi) is 3.17. The topological polar surface area (TPSA) is 61.2 Å². The Labute approximate surface area is 81.0 Å². The average Bonchev–Trinajstić information content (AvgIpc) is 2.55. The maximum Gasteiger partial charge on any atom is 0.330 e. The SMILES string of the molecule is COC(=O)/C=C/c1c(C=O)cnn1C. The molecular weight excluding hydrogens is 184 g/mol. The van der Waals surface area contributed by atoms with E-state index in [1.54, 1.807) is 7.05 Å². The molecule has 1 rings (SSSR count). The van der Waals surface area contributed by atoms with Crippen LogP contribution < -0.4 is 0 Å². The molecular formula is C9H10N2O3. The van der Waals surface area contributed by atoms with E-state index in [2.05, 4.69) is 9.84 Å². The van der Waals surface area contributed by atoms with Crippen molar-refractivity contribution in [1.82, 2.24) is 9.78 Å². The molecule has 0 unspecified atom stereocenters. The number of ether oxygens (including phenoxy) is 1. The maximum absolute atomic E-state index is 10.8. The molecule has 0 atom stereocenters. The van der Waals surface area contributed by atoms with Crippen LogP contribution in [0.3, 0.4) is 0 Å². The smallest absolute Gasteiger partial charge is 0.330 e. The molecule has 0 aliphatic rings. The molecule has 14 heavy (non-hydrogen) atoms. The Hall–Kier alpha value is -1.91. The molecule has 0 amide bonds. The van der Waals surface area contributed by atoms with Gasteiger partial charge in [-0.3, -0.25) is 9.48 Å². The van der Waals surface area contributed by atoms with Crippen LogP contribution in [0.1, 0.15) is 16.1 Å². The highest BCUT2D eigenvalue weighted by Gasteiger charge is 2.04. The largest absolute Gasteiger partial charge is 0.466 e. The Morgan fingerprint density at radius 2 is 2.36 bits per heavy atom. The van der Waals surface area contributed by atoms with E-state index in [0.29, 0.717) is 17.5 Å². The lowest BCUT2D eigenvalue weighted by Gasteiger charge is -1.95. The lowest BCUT2D eigenvalue weighted by molar-refractivity contribution is -0.134. The summed E-state index contributed by atoms with van der Waals surface area (Å²) in [6.45, 7) is 0. The van der Waals surface area contributed by atoms with E-state index in [0.717, 1.165) is 0 Å². The van der Waals surface area contributed by atoms with Crippen LogP contribution in [0.25, 0.3) is 6.08 Å². The van der Waals surface area contributed by atoms with E-state index in [-0.39, 0.29) is 0 Å². The Bertz CT molecular complexity index is 379. The van der Waals surface area contributed by atoms with Gasteiger partial charge < -0.3 is 4.74 Å². The van der Waals surface area contributed by atoms with Crippen LogP contribution in [0.15, 0.2) is 12.3 Å². The molecule has 0 saturated carbocycles. The third-order valence-electron chi connectivity index (χ3n) is 1.72. The summed E-state index contributed by atoms with van der Waals surface area (Å²) in [7, 11) is 2.97. The van der Waals surface area contributed by atoms with Gasteiger partial charge in [-0.15, -0.1) is 0 Å². The van der Waals surface area contributed by atoms with Crippen LogP contribution in [0.4, 0.5) is 0 Å². The number of nitrogens with zero attached hydrogens (tertiary/aromatic N) is 2. The van der Waals surface area contributed by atoms with Gasteiger partial charge in [-0.05, 0) is 6.08 Å². The summed E-state index contributed by atoms with van der Waals surface area (Å²) in [6.07, 6.45) is 4.85. The van der Waals surface area contributed by atoms with Crippen molar-refractivity contribution < 1.29 is 14.3 Å². The van der Waals surface area contributed by atoms with E-state index in [4.69, 9.17) is 0 Å². The second-order valence-corrected chi connectivity index (χ2v) is 2.58. The molecule has 0 bridgehead atoms. The lowest BCUT2D eigenvalue weighted by atomic mass is 10.2. The summed E-state index contributed by atoms with van der Waals surface area (Å²) in [4.78, 5) is 21.3. The fourth-order valence-electron chi connectivity index (χ4n) is 0.974. The van der Waals surface area contributed by atoms with Gasteiger partial charge in [0, 0.05) is 13.1 Å². The summed E-state index contributed by atoms with van der Waals surface area (Å²) >= 11 is 0. The molecule has 5 heteroatoms. The number of carbonyl (C=O) groups is 2. The summed E-state index contributed by atoms with van der Waals surface area (Å²) < 4.78 is 5.92. The van der Waals surface area contributed by atoms with Gasteiger partial charge in [0.1, 0.15) is 0 Å². The van der Waals surface area contributed by atoms with Gasteiger partial charge in [-0.2, -0.15) is 5.10 Å². The molecule has 0 saturated heterocycles. The number of rotatable bonds is 3. The summed E-state index contributed by atoms with van der Waals surface area (Å²) in [5, 5.41) is 3.87. The predicted octanol–water partition coefficient (Wildman–Crippen LogP) is 0.419. The first-order valence-electron chi connectivity index (χ1n) is 3.92. The van der Waals surface area contributed by atoms with Crippen LogP contribution in [0.5, 0.6) is 0 Å². The van der Waals surface area contributed by atoms with E-state index < -0.39 is 5.97 Å². The van der Waals surface area contributed by atoms with E-state index >= 15 is 0 Å². The number of aldehydes is 1. The zero-order chi connectivity index (χ0) is 10.6. The molecule has 0 N–H and O–H groups in total. The molecule has 1 heterocycles. The van der Waals surface area contributed by atoms with Crippen LogP contribution in [0, 0.1) is 0 Å². The summed E-state index contributed by atoms with van der Waals surface area (Å²) in [6, 6.07) is 0. The van der Waals surface area contributed by atoms with Gasteiger partial charge in [0.2, 0.25) is 0 Å². The number of aryl methyl sites for hydroxylation is 1. The van der Waals surface area contributed by atoms with Crippen molar-refractivity contribution in [3.8, 4) is 0 Å². The maximum atomic E-state index is 10.8. The van der Waals surface area contributed by atoms with Crippen molar-refractivity contribution in [3.05, 3.63) is 23.5 Å². The minimum absolute atomic E-state index is 0.438. The number of methoxy groups -OCH3 is 1. The molecule has 0 aromatic carbocycles. The number of aromatic nitrogens is 2. The van der Waals surface area contributed by atoms with E-state index in [1.165, 1.54) is 30.1 Å². The monoisotopic (exact) mass is 194 g/mol. The molecule has 0 fully saturated rings. The number of carbonyl (C=O) groups excluding carboxylic acids is 2. The van der Waals surface area contributed by atoms with Crippen LogP contribution in [-0.2, 0) is 16.6 Å². The minimum atomic E-state index is -0.469. The highest BCUT2D eigenvalue weighted by molar-refractivity contribution is 5.89. The number of hydrogen-bond acceptors (Lipinski definition) is 4. The van der Waals surface area contributed by atoms with E-state index in [1.807, 2.05) is 0 Å². The van der Waals surface area contributed by atoms with Gasteiger partial charge in [0.05, 0.1) is 24.6 Å². The standard InChI is InChI=1S/C9H10N2O3/c1-11-8(3-4-9(13)14-2)7(6-12)5-10-11/h3-6H,1-2H3/b4-3+. The predicted molar refractivity (Wildman–Crippen MR) is 49.6 cm³/mol.